The summed E-state index contributed by atoms with van der Waals surface area (Å²) in [5.41, 5.74) is 2.22. The molecule has 1 saturated heterocycles. The van der Waals surface area contributed by atoms with Crippen molar-refractivity contribution in [3.8, 4) is 0 Å². The van der Waals surface area contributed by atoms with Crippen LogP contribution in [0.5, 0.6) is 0 Å². The van der Waals surface area contributed by atoms with Crippen LogP contribution in [0.4, 0.5) is 5.69 Å². The fourth-order valence-corrected chi connectivity index (χ4v) is 3.20. The van der Waals surface area contributed by atoms with Crippen molar-refractivity contribution in [3.63, 3.8) is 0 Å². The minimum Gasteiger partial charge on any atom is -0.392 e. The van der Waals surface area contributed by atoms with E-state index >= 15 is 0 Å². The van der Waals surface area contributed by atoms with E-state index in [-0.39, 0.29) is 6.61 Å². The van der Waals surface area contributed by atoms with Gasteiger partial charge in [0.25, 0.3) is 0 Å². The highest BCUT2D eigenvalue weighted by molar-refractivity contribution is 9.10. The summed E-state index contributed by atoms with van der Waals surface area (Å²) in [4.78, 5) is 2.41. The highest BCUT2D eigenvalue weighted by atomic mass is 79.9. The number of hydrogen-bond acceptors (Lipinski definition) is 2. The fraction of sp³-hybridized carbons (Fsp3) is 0.600. The summed E-state index contributed by atoms with van der Waals surface area (Å²) in [7, 11) is 0. The Labute approximate surface area is 118 Å². The Kier molecular flexibility index (Phi) is 4.68. The molecule has 2 nitrogen and oxygen atoms in total. The maximum absolute atomic E-state index is 9.47. The van der Waals surface area contributed by atoms with E-state index < -0.39 is 0 Å². The van der Waals surface area contributed by atoms with Crippen LogP contribution in [-0.4, -0.2) is 18.2 Å². The number of benzene rings is 1. The second-order valence-corrected chi connectivity index (χ2v) is 6.42. The number of nitrogens with zero attached hydrogens (tertiary/aromatic N) is 1. The molecule has 0 aromatic heterocycles. The maximum Gasteiger partial charge on any atom is 0.0702 e. The first-order chi connectivity index (χ1) is 8.61. The van der Waals surface area contributed by atoms with Crippen molar-refractivity contribution in [2.24, 2.45) is 11.8 Å². The molecule has 2 rings (SSSR count). The van der Waals surface area contributed by atoms with Gasteiger partial charge in [-0.2, -0.15) is 0 Å². The number of halogens is 1. The number of rotatable bonds is 3. The first kappa shape index (κ1) is 13.9. The lowest BCUT2D eigenvalue weighted by Crippen LogP contribution is -2.35. The molecule has 0 unspecified atom stereocenters. The van der Waals surface area contributed by atoms with Crippen LogP contribution < -0.4 is 4.90 Å². The summed E-state index contributed by atoms with van der Waals surface area (Å²) in [5, 5.41) is 9.47. The molecule has 1 aromatic rings. The van der Waals surface area contributed by atoms with Gasteiger partial charge in [-0.3, -0.25) is 0 Å². The third-order valence-electron chi connectivity index (χ3n) is 4.03. The van der Waals surface area contributed by atoms with Gasteiger partial charge < -0.3 is 10.0 Å². The summed E-state index contributed by atoms with van der Waals surface area (Å²) in [6.45, 7) is 6.96. The molecular weight excluding hydrogens is 290 g/mol. The molecule has 1 heterocycles. The topological polar surface area (TPSA) is 23.5 Å². The van der Waals surface area contributed by atoms with E-state index in [0.717, 1.165) is 35.0 Å². The predicted molar refractivity (Wildman–Crippen MR) is 79.8 cm³/mol. The Balaban J connectivity index is 2.09. The SMILES string of the molecule is CC(C)C1CCN(c2ccc(Br)cc2CO)CC1. The van der Waals surface area contributed by atoms with Gasteiger partial charge in [0.2, 0.25) is 0 Å². The predicted octanol–water partition coefficient (Wildman–Crippen LogP) is 3.81. The molecule has 0 radical (unpaired) electrons. The molecule has 1 N–H and O–H groups in total. The zero-order chi connectivity index (χ0) is 13.1. The average Bonchev–Trinajstić information content (AvgIpc) is 2.38. The van der Waals surface area contributed by atoms with Gasteiger partial charge in [-0.15, -0.1) is 0 Å². The molecule has 18 heavy (non-hydrogen) atoms. The molecule has 100 valence electrons. The van der Waals surface area contributed by atoms with Crippen LogP contribution in [-0.2, 0) is 6.61 Å². The second kappa shape index (κ2) is 6.07. The molecule has 0 aliphatic carbocycles. The van der Waals surface area contributed by atoms with E-state index in [1.165, 1.54) is 18.5 Å². The van der Waals surface area contributed by atoms with Gasteiger partial charge in [0, 0.05) is 28.8 Å². The Morgan fingerprint density at radius 3 is 2.56 bits per heavy atom. The van der Waals surface area contributed by atoms with Crippen LogP contribution >= 0.6 is 15.9 Å². The van der Waals surface area contributed by atoms with Crippen molar-refractivity contribution in [1.29, 1.82) is 0 Å². The van der Waals surface area contributed by atoms with Crippen LogP contribution in [0, 0.1) is 11.8 Å². The molecule has 0 bridgehead atoms. The van der Waals surface area contributed by atoms with E-state index in [9.17, 15) is 5.11 Å². The first-order valence-electron chi connectivity index (χ1n) is 6.76. The van der Waals surface area contributed by atoms with Crippen molar-refractivity contribution >= 4 is 21.6 Å². The van der Waals surface area contributed by atoms with Crippen LogP contribution in [0.15, 0.2) is 22.7 Å². The Morgan fingerprint density at radius 2 is 2.00 bits per heavy atom. The van der Waals surface area contributed by atoms with Crippen molar-refractivity contribution in [1.82, 2.24) is 0 Å². The molecule has 3 heteroatoms. The maximum atomic E-state index is 9.47. The minimum atomic E-state index is 0.110. The lowest BCUT2D eigenvalue weighted by atomic mass is 9.86. The van der Waals surface area contributed by atoms with Gasteiger partial charge in [-0.25, -0.2) is 0 Å². The molecule has 1 aliphatic heterocycles. The zero-order valence-electron chi connectivity index (χ0n) is 11.2. The average molecular weight is 312 g/mol. The Hall–Kier alpha value is -0.540. The highest BCUT2D eigenvalue weighted by Gasteiger charge is 2.22. The summed E-state index contributed by atoms with van der Waals surface area (Å²) < 4.78 is 1.03. The largest absolute Gasteiger partial charge is 0.392 e. The Bertz CT molecular complexity index is 397. The third kappa shape index (κ3) is 3.07. The smallest absolute Gasteiger partial charge is 0.0702 e. The molecule has 0 spiro atoms. The number of aliphatic hydroxyl groups is 1. The summed E-state index contributed by atoms with van der Waals surface area (Å²) in [6, 6.07) is 6.19. The first-order valence-corrected chi connectivity index (χ1v) is 7.55. The van der Waals surface area contributed by atoms with E-state index in [2.05, 4.69) is 46.8 Å². The molecule has 0 atom stereocenters. The molecule has 1 fully saturated rings. The monoisotopic (exact) mass is 311 g/mol. The Morgan fingerprint density at radius 1 is 1.33 bits per heavy atom. The van der Waals surface area contributed by atoms with Gasteiger partial charge in [0.15, 0.2) is 0 Å². The van der Waals surface area contributed by atoms with Gasteiger partial charge in [0.1, 0.15) is 0 Å². The normalized spacial score (nSPS) is 17.5. The van der Waals surface area contributed by atoms with Gasteiger partial charge >= 0.3 is 0 Å². The van der Waals surface area contributed by atoms with E-state index in [0.29, 0.717) is 0 Å². The lowest BCUT2D eigenvalue weighted by Gasteiger charge is -2.36. The van der Waals surface area contributed by atoms with Crippen molar-refractivity contribution < 1.29 is 5.11 Å². The van der Waals surface area contributed by atoms with Crippen LogP contribution in [0.1, 0.15) is 32.3 Å². The van der Waals surface area contributed by atoms with E-state index in [1.54, 1.807) is 0 Å². The molecule has 0 amide bonds. The summed E-state index contributed by atoms with van der Waals surface area (Å²) in [5.74, 6) is 1.64. The number of aliphatic hydroxyl groups excluding tert-OH is 1. The lowest BCUT2D eigenvalue weighted by molar-refractivity contribution is 0.280. The van der Waals surface area contributed by atoms with Gasteiger partial charge in [0.05, 0.1) is 6.61 Å². The highest BCUT2D eigenvalue weighted by Crippen LogP contribution is 2.31. The minimum absolute atomic E-state index is 0.110. The molecular formula is C15H22BrNO. The number of piperidine rings is 1. The number of anilines is 1. The number of hydrogen-bond donors (Lipinski definition) is 1. The van der Waals surface area contributed by atoms with Crippen molar-refractivity contribution in [3.05, 3.63) is 28.2 Å². The molecule has 1 aromatic carbocycles. The standard InChI is InChI=1S/C15H22BrNO/c1-11(2)12-5-7-17(8-6-12)15-4-3-14(16)9-13(15)10-18/h3-4,9,11-12,18H,5-8,10H2,1-2H3. The van der Waals surface area contributed by atoms with E-state index in [4.69, 9.17) is 0 Å². The van der Waals surface area contributed by atoms with Crippen LogP contribution in [0.2, 0.25) is 0 Å². The van der Waals surface area contributed by atoms with Crippen molar-refractivity contribution in [2.75, 3.05) is 18.0 Å². The summed E-state index contributed by atoms with van der Waals surface area (Å²) >= 11 is 3.46. The quantitative estimate of drug-likeness (QED) is 0.917. The van der Waals surface area contributed by atoms with Crippen LogP contribution in [0.3, 0.4) is 0 Å². The van der Waals surface area contributed by atoms with Gasteiger partial charge in [-0.1, -0.05) is 29.8 Å². The van der Waals surface area contributed by atoms with E-state index in [1.807, 2.05) is 6.07 Å². The van der Waals surface area contributed by atoms with Gasteiger partial charge in [-0.05, 0) is 42.9 Å². The summed E-state index contributed by atoms with van der Waals surface area (Å²) in [6.07, 6.45) is 2.52. The molecule has 1 aliphatic rings. The zero-order valence-corrected chi connectivity index (χ0v) is 12.8. The third-order valence-corrected chi connectivity index (χ3v) is 4.53. The van der Waals surface area contributed by atoms with Crippen LogP contribution in [0.25, 0.3) is 0 Å². The van der Waals surface area contributed by atoms with Crippen molar-refractivity contribution in [2.45, 2.75) is 33.3 Å². The molecule has 0 saturated carbocycles. The fourth-order valence-electron chi connectivity index (χ4n) is 2.80. The second-order valence-electron chi connectivity index (χ2n) is 5.50.